The third kappa shape index (κ3) is 2.27. The quantitative estimate of drug-likeness (QED) is 0.726. The molecule has 130 valence electrons. The van der Waals surface area contributed by atoms with Gasteiger partial charge >= 0.3 is 0 Å². The minimum absolute atomic E-state index is 0.456. The monoisotopic (exact) mass is 318 g/mol. The zero-order valence-electron chi connectivity index (χ0n) is 15.3. The van der Waals surface area contributed by atoms with E-state index in [2.05, 4.69) is 13.8 Å². The lowest BCUT2D eigenvalue weighted by molar-refractivity contribution is -0.140. The van der Waals surface area contributed by atoms with Crippen molar-refractivity contribution in [3.05, 3.63) is 0 Å². The Morgan fingerprint density at radius 2 is 1.78 bits per heavy atom. The number of ether oxygens (including phenoxy) is 1. The van der Waals surface area contributed by atoms with Crippen LogP contribution in [0.15, 0.2) is 0 Å². The summed E-state index contributed by atoms with van der Waals surface area (Å²) >= 11 is 0. The summed E-state index contributed by atoms with van der Waals surface area (Å²) in [7, 11) is 1.87. The first-order chi connectivity index (χ1) is 11.0. The van der Waals surface area contributed by atoms with Crippen molar-refractivity contribution in [2.24, 2.45) is 40.4 Å². The number of Topliss-reactive ketones (excluding diaryl/α,β-unsaturated/α-hetero) is 1. The number of ketones is 1. The molecular weight excluding hydrogens is 284 g/mol. The maximum atomic E-state index is 12.0. The molecule has 0 amide bonds. The number of fused-ring (bicyclic) bond motifs is 5. The summed E-state index contributed by atoms with van der Waals surface area (Å²) in [4.78, 5) is 12.0. The molecule has 0 radical (unpaired) electrons. The molecule has 0 aliphatic heterocycles. The molecule has 2 nitrogen and oxygen atoms in total. The minimum Gasteiger partial charge on any atom is -0.384 e. The highest BCUT2D eigenvalue weighted by Crippen LogP contribution is 2.67. The van der Waals surface area contributed by atoms with Crippen molar-refractivity contribution in [2.45, 2.75) is 71.6 Å². The van der Waals surface area contributed by atoms with Gasteiger partial charge < -0.3 is 4.74 Å². The predicted octanol–water partition coefficient (Wildman–Crippen LogP) is 4.86. The Balaban J connectivity index is 1.59. The van der Waals surface area contributed by atoms with Crippen molar-refractivity contribution in [3.63, 3.8) is 0 Å². The van der Waals surface area contributed by atoms with Crippen LogP contribution >= 0.6 is 0 Å². The number of hydrogen-bond acceptors (Lipinski definition) is 2. The average molecular weight is 319 g/mol. The van der Waals surface area contributed by atoms with E-state index in [9.17, 15) is 4.79 Å². The summed E-state index contributed by atoms with van der Waals surface area (Å²) in [6.45, 7) is 6.08. The summed E-state index contributed by atoms with van der Waals surface area (Å²) in [5, 5.41) is 0. The SMILES string of the molecule is COCC1CC[C@H]2[C@@H]3CC[C@H]4CC(=O)CC[C@]4(C)[C@H]3CC[C@]12C. The maximum absolute atomic E-state index is 12.0. The van der Waals surface area contributed by atoms with Gasteiger partial charge in [-0.25, -0.2) is 0 Å². The second-order valence-electron chi connectivity index (χ2n) is 9.67. The summed E-state index contributed by atoms with van der Waals surface area (Å²) in [6.07, 6.45) is 11.2. The first-order valence-electron chi connectivity index (χ1n) is 9.99. The van der Waals surface area contributed by atoms with Crippen LogP contribution in [0.1, 0.15) is 71.6 Å². The van der Waals surface area contributed by atoms with Crippen LogP contribution in [0.3, 0.4) is 0 Å². The molecular formula is C21H34O2. The standard InChI is InChI=1S/C21H34O2/c1-20-10-8-16(22)12-14(20)4-6-17-18-7-5-15(13-23-3)21(18,2)11-9-19(17)20/h14-15,17-19H,4-13H2,1-3H3/t14-,15?,17-,18-,19-,20-,21+/m0/s1. The molecule has 4 saturated carbocycles. The fraction of sp³-hybridized carbons (Fsp3) is 0.952. The second-order valence-corrected chi connectivity index (χ2v) is 9.67. The van der Waals surface area contributed by atoms with Gasteiger partial charge in [-0.3, -0.25) is 4.79 Å². The number of carbonyl (C=O) groups is 1. The molecule has 23 heavy (non-hydrogen) atoms. The summed E-state index contributed by atoms with van der Waals surface area (Å²) in [5.41, 5.74) is 0.975. The van der Waals surface area contributed by atoms with Crippen molar-refractivity contribution in [1.29, 1.82) is 0 Å². The number of hydrogen-bond donors (Lipinski definition) is 0. The van der Waals surface area contributed by atoms with Crippen LogP contribution in [0.5, 0.6) is 0 Å². The van der Waals surface area contributed by atoms with E-state index in [1.54, 1.807) is 0 Å². The Kier molecular flexibility index (Phi) is 3.91. The molecule has 0 N–H and O–H groups in total. The van der Waals surface area contributed by atoms with E-state index in [-0.39, 0.29) is 0 Å². The normalized spacial score (nSPS) is 52.7. The summed E-state index contributed by atoms with van der Waals surface area (Å²) < 4.78 is 5.56. The van der Waals surface area contributed by atoms with Crippen LogP contribution in [0.4, 0.5) is 0 Å². The van der Waals surface area contributed by atoms with E-state index < -0.39 is 0 Å². The van der Waals surface area contributed by atoms with Crippen LogP contribution < -0.4 is 0 Å². The molecule has 0 aromatic heterocycles. The second kappa shape index (κ2) is 5.58. The van der Waals surface area contributed by atoms with Crippen LogP contribution in [0, 0.1) is 40.4 Å². The number of rotatable bonds is 2. The molecule has 0 heterocycles. The third-order valence-electron chi connectivity index (χ3n) is 9.05. The van der Waals surface area contributed by atoms with Crippen LogP contribution in [-0.2, 0) is 9.53 Å². The lowest BCUT2D eigenvalue weighted by atomic mass is 9.45. The van der Waals surface area contributed by atoms with Gasteiger partial charge in [0.2, 0.25) is 0 Å². The first-order valence-corrected chi connectivity index (χ1v) is 9.99. The van der Waals surface area contributed by atoms with Crippen LogP contribution in [0.25, 0.3) is 0 Å². The van der Waals surface area contributed by atoms with Gasteiger partial charge in [0.25, 0.3) is 0 Å². The maximum Gasteiger partial charge on any atom is 0.133 e. The first kappa shape index (κ1) is 16.1. The Labute approximate surface area is 141 Å². The Bertz CT molecular complexity index is 486. The van der Waals surface area contributed by atoms with E-state index in [1.807, 2.05) is 7.11 Å². The Morgan fingerprint density at radius 1 is 1.00 bits per heavy atom. The molecule has 0 saturated heterocycles. The van der Waals surface area contributed by atoms with Crippen molar-refractivity contribution in [1.82, 2.24) is 0 Å². The lowest BCUT2D eigenvalue weighted by Crippen LogP contribution is -2.53. The molecule has 0 aromatic rings. The van der Waals surface area contributed by atoms with Crippen molar-refractivity contribution in [3.8, 4) is 0 Å². The van der Waals surface area contributed by atoms with Crippen molar-refractivity contribution >= 4 is 5.78 Å². The molecule has 4 rings (SSSR count). The molecule has 2 heteroatoms. The van der Waals surface area contributed by atoms with Crippen LogP contribution in [-0.4, -0.2) is 19.5 Å². The predicted molar refractivity (Wildman–Crippen MR) is 92.1 cm³/mol. The van der Waals surface area contributed by atoms with E-state index in [4.69, 9.17) is 4.74 Å². The molecule has 4 aliphatic carbocycles. The topological polar surface area (TPSA) is 26.3 Å². The van der Waals surface area contributed by atoms with E-state index in [0.717, 1.165) is 43.1 Å². The fourth-order valence-electron chi connectivity index (χ4n) is 7.63. The minimum atomic E-state index is 0.456. The molecule has 0 aromatic carbocycles. The van der Waals surface area contributed by atoms with E-state index in [0.29, 0.717) is 22.5 Å². The van der Waals surface area contributed by atoms with Gasteiger partial charge in [-0.05, 0) is 85.4 Å². The molecule has 4 aliphatic rings. The van der Waals surface area contributed by atoms with Gasteiger partial charge in [0, 0.05) is 26.6 Å². The molecule has 1 unspecified atom stereocenters. The van der Waals surface area contributed by atoms with Crippen molar-refractivity contribution in [2.75, 3.05) is 13.7 Å². The third-order valence-corrected chi connectivity index (χ3v) is 9.05. The number of carbonyl (C=O) groups excluding carboxylic acids is 1. The highest BCUT2D eigenvalue weighted by molar-refractivity contribution is 5.79. The van der Waals surface area contributed by atoms with Gasteiger partial charge in [0.15, 0.2) is 0 Å². The lowest BCUT2D eigenvalue weighted by Gasteiger charge is -2.60. The zero-order chi connectivity index (χ0) is 16.2. The highest BCUT2D eigenvalue weighted by atomic mass is 16.5. The van der Waals surface area contributed by atoms with Crippen molar-refractivity contribution < 1.29 is 9.53 Å². The van der Waals surface area contributed by atoms with E-state index in [1.165, 1.54) is 44.9 Å². The van der Waals surface area contributed by atoms with Gasteiger partial charge in [-0.1, -0.05) is 13.8 Å². The molecule has 0 spiro atoms. The molecule has 7 atom stereocenters. The zero-order valence-corrected chi connectivity index (χ0v) is 15.3. The largest absolute Gasteiger partial charge is 0.384 e. The molecule has 0 bridgehead atoms. The van der Waals surface area contributed by atoms with Gasteiger partial charge in [0.1, 0.15) is 5.78 Å². The Hall–Kier alpha value is -0.370. The average Bonchev–Trinajstić information content (AvgIpc) is 2.85. The summed E-state index contributed by atoms with van der Waals surface area (Å²) in [5.74, 6) is 4.71. The van der Waals surface area contributed by atoms with Gasteiger partial charge in [-0.2, -0.15) is 0 Å². The number of methoxy groups -OCH3 is 1. The highest BCUT2D eigenvalue weighted by Gasteiger charge is 2.59. The summed E-state index contributed by atoms with van der Waals surface area (Å²) in [6, 6.07) is 0. The molecule has 4 fully saturated rings. The fourth-order valence-corrected chi connectivity index (χ4v) is 7.63. The van der Waals surface area contributed by atoms with Gasteiger partial charge in [-0.15, -0.1) is 0 Å². The van der Waals surface area contributed by atoms with Crippen LogP contribution in [0.2, 0.25) is 0 Å². The van der Waals surface area contributed by atoms with Gasteiger partial charge in [0.05, 0.1) is 0 Å². The van der Waals surface area contributed by atoms with E-state index >= 15 is 0 Å². The smallest absolute Gasteiger partial charge is 0.133 e. The Morgan fingerprint density at radius 3 is 2.57 bits per heavy atom.